The third kappa shape index (κ3) is 1.46. The summed E-state index contributed by atoms with van der Waals surface area (Å²) in [6.45, 7) is 1.86. The minimum Gasteiger partial charge on any atom is -0.397 e. The maximum absolute atomic E-state index is 6.03. The monoisotopic (exact) mass is 207 g/mol. The zero-order chi connectivity index (χ0) is 10.1. The Morgan fingerprint density at radius 3 is 2.64 bits per heavy atom. The predicted octanol–water partition coefficient (Wildman–Crippen LogP) is 2.42. The molecule has 0 radical (unpaired) electrons. The van der Waals surface area contributed by atoms with Gasteiger partial charge in [-0.15, -0.1) is 0 Å². The Bertz CT molecular complexity index is 449. The number of halogens is 1. The molecule has 0 aliphatic rings. The normalized spacial score (nSPS) is 10.4. The molecule has 14 heavy (non-hydrogen) atoms. The third-order valence-corrected chi connectivity index (χ3v) is 2.31. The molecule has 4 heteroatoms. The number of anilines is 1. The molecule has 2 aromatic rings. The number of hydrogen-bond acceptors (Lipinski definition) is 2. The molecule has 0 bridgehead atoms. The van der Waals surface area contributed by atoms with E-state index >= 15 is 0 Å². The molecule has 0 fully saturated rings. The molecule has 0 amide bonds. The molecule has 0 spiro atoms. The van der Waals surface area contributed by atoms with Gasteiger partial charge in [-0.25, -0.2) is 4.98 Å². The number of pyridine rings is 1. The molecule has 0 saturated heterocycles. The van der Waals surface area contributed by atoms with Crippen molar-refractivity contribution < 1.29 is 0 Å². The molecule has 0 aliphatic carbocycles. The molecular formula is C10H10ClN3. The van der Waals surface area contributed by atoms with E-state index in [1.807, 2.05) is 36.0 Å². The molecule has 3 nitrogen and oxygen atoms in total. The van der Waals surface area contributed by atoms with Gasteiger partial charge in [0, 0.05) is 12.4 Å². The average molecular weight is 208 g/mol. The van der Waals surface area contributed by atoms with Gasteiger partial charge in [-0.1, -0.05) is 11.6 Å². The highest BCUT2D eigenvalue weighted by molar-refractivity contribution is 6.32. The molecule has 2 rings (SSSR count). The molecule has 0 atom stereocenters. The van der Waals surface area contributed by atoms with Crippen molar-refractivity contribution in [2.24, 2.45) is 0 Å². The van der Waals surface area contributed by atoms with Gasteiger partial charge in [0.2, 0.25) is 0 Å². The minimum absolute atomic E-state index is 0.560. The van der Waals surface area contributed by atoms with E-state index in [1.165, 1.54) is 0 Å². The van der Waals surface area contributed by atoms with Crippen molar-refractivity contribution in [1.29, 1.82) is 0 Å². The van der Waals surface area contributed by atoms with Crippen LogP contribution in [0.3, 0.4) is 0 Å². The first kappa shape index (κ1) is 9.09. The number of nitrogen functional groups attached to an aromatic ring is 1. The van der Waals surface area contributed by atoms with Crippen LogP contribution in [0.15, 0.2) is 30.6 Å². The zero-order valence-corrected chi connectivity index (χ0v) is 8.49. The van der Waals surface area contributed by atoms with Crippen molar-refractivity contribution in [1.82, 2.24) is 9.55 Å². The second kappa shape index (κ2) is 3.35. The molecular weight excluding hydrogens is 198 g/mol. The van der Waals surface area contributed by atoms with Crippen molar-refractivity contribution in [3.63, 3.8) is 0 Å². The molecule has 0 aliphatic heterocycles. The Labute approximate surface area is 87.1 Å². The maximum Gasteiger partial charge on any atom is 0.155 e. The Morgan fingerprint density at radius 2 is 2.00 bits per heavy atom. The number of hydrogen-bond donors (Lipinski definition) is 1. The topological polar surface area (TPSA) is 43.8 Å². The number of nitrogens with zero attached hydrogens (tertiary/aromatic N) is 2. The summed E-state index contributed by atoms with van der Waals surface area (Å²) in [6.07, 6.45) is 3.79. The van der Waals surface area contributed by atoms with E-state index in [9.17, 15) is 0 Å². The summed E-state index contributed by atoms with van der Waals surface area (Å²) in [4.78, 5) is 4.32. The van der Waals surface area contributed by atoms with Crippen LogP contribution in [-0.4, -0.2) is 9.55 Å². The molecule has 2 aromatic heterocycles. The number of aryl methyl sites for hydroxylation is 1. The van der Waals surface area contributed by atoms with E-state index in [4.69, 9.17) is 17.3 Å². The SMILES string of the molecule is Cc1nc(-n2cccc2)c(Cl)cc1N. The lowest BCUT2D eigenvalue weighted by Crippen LogP contribution is -2.00. The Kier molecular flexibility index (Phi) is 2.17. The first-order valence-electron chi connectivity index (χ1n) is 4.24. The van der Waals surface area contributed by atoms with Gasteiger partial charge in [-0.2, -0.15) is 0 Å². The van der Waals surface area contributed by atoms with E-state index in [1.54, 1.807) is 6.07 Å². The van der Waals surface area contributed by atoms with Crippen LogP contribution in [0, 0.1) is 6.92 Å². The van der Waals surface area contributed by atoms with Gasteiger partial charge in [-0.05, 0) is 25.1 Å². The van der Waals surface area contributed by atoms with Crippen LogP contribution in [0.25, 0.3) is 5.82 Å². The van der Waals surface area contributed by atoms with E-state index in [0.29, 0.717) is 16.5 Å². The lowest BCUT2D eigenvalue weighted by atomic mass is 10.3. The van der Waals surface area contributed by atoms with E-state index < -0.39 is 0 Å². The predicted molar refractivity (Wildman–Crippen MR) is 57.7 cm³/mol. The summed E-state index contributed by atoms with van der Waals surface area (Å²) in [6, 6.07) is 5.56. The maximum atomic E-state index is 6.03. The van der Waals surface area contributed by atoms with Gasteiger partial charge < -0.3 is 10.3 Å². The average Bonchev–Trinajstić information content (AvgIpc) is 2.64. The fourth-order valence-electron chi connectivity index (χ4n) is 1.24. The zero-order valence-electron chi connectivity index (χ0n) is 7.74. The van der Waals surface area contributed by atoms with Gasteiger partial charge in [0.05, 0.1) is 16.4 Å². The Morgan fingerprint density at radius 1 is 1.36 bits per heavy atom. The quantitative estimate of drug-likeness (QED) is 0.781. The van der Waals surface area contributed by atoms with E-state index in [-0.39, 0.29) is 0 Å². The Hall–Kier alpha value is -1.48. The van der Waals surface area contributed by atoms with Gasteiger partial charge in [0.25, 0.3) is 0 Å². The summed E-state index contributed by atoms with van der Waals surface area (Å²) < 4.78 is 1.86. The lowest BCUT2D eigenvalue weighted by molar-refractivity contribution is 0.991. The highest BCUT2D eigenvalue weighted by Gasteiger charge is 2.06. The van der Waals surface area contributed by atoms with Crippen LogP contribution in [0.2, 0.25) is 5.02 Å². The van der Waals surface area contributed by atoms with E-state index in [2.05, 4.69) is 4.98 Å². The van der Waals surface area contributed by atoms with Gasteiger partial charge in [0.15, 0.2) is 5.82 Å². The summed E-state index contributed by atoms with van der Waals surface area (Å²) in [5.74, 6) is 0.711. The lowest BCUT2D eigenvalue weighted by Gasteiger charge is -2.07. The summed E-state index contributed by atoms with van der Waals surface area (Å²) in [5.41, 5.74) is 7.09. The summed E-state index contributed by atoms with van der Waals surface area (Å²) in [5, 5.41) is 0.560. The highest BCUT2D eigenvalue weighted by Crippen LogP contribution is 2.22. The standard InChI is InChI=1S/C10H10ClN3/c1-7-9(12)6-8(11)10(13-7)14-4-2-3-5-14/h2-6H,12H2,1H3. The largest absolute Gasteiger partial charge is 0.397 e. The van der Waals surface area contributed by atoms with Crippen molar-refractivity contribution in [3.8, 4) is 5.82 Å². The van der Waals surface area contributed by atoms with Crippen LogP contribution >= 0.6 is 11.6 Å². The van der Waals surface area contributed by atoms with Gasteiger partial charge in [-0.3, -0.25) is 0 Å². The molecule has 0 aromatic carbocycles. The molecule has 2 heterocycles. The van der Waals surface area contributed by atoms with Crippen molar-refractivity contribution in [2.75, 3.05) is 5.73 Å². The van der Waals surface area contributed by atoms with Crippen LogP contribution < -0.4 is 5.73 Å². The first-order valence-corrected chi connectivity index (χ1v) is 4.62. The summed E-state index contributed by atoms with van der Waals surface area (Å²) in [7, 11) is 0. The van der Waals surface area contributed by atoms with Crippen LogP contribution in [0.5, 0.6) is 0 Å². The van der Waals surface area contributed by atoms with Crippen molar-refractivity contribution in [3.05, 3.63) is 41.3 Å². The second-order valence-corrected chi connectivity index (χ2v) is 3.47. The van der Waals surface area contributed by atoms with Gasteiger partial charge >= 0.3 is 0 Å². The highest BCUT2D eigenvalue weighted by atomic mass is 35.5. The molecule has 2 N–H and O–H groups in total. The molecule has 0 unspecified atom stereocenters. The van der Waals surface area contributed by atoms with E-state index in [0.717, 1.165) is 5.69 Å². The number of nitrogens with two attached hydrogens (primary N) is 1. The number of aromatic nitrogens is 2. The number of rotatable bonds is 1. The van der Waals surface area contributed by atoms with Crippen LogP contribution in [0.4, 0.5) is 5.69 Å². The smallest absolute Gasteiger partial charge is 0.155 e. The van der Waals surface area contributed by atoms with Gasteiger partial charge in [0.1, 0.15) is 0 Å². The second-order valence-electron chi connectivity index (χ2n) is 3.06. The summed E-state index contributed by atoms with van der Waals surface area (Å²) >= 11 is 6.03. The van der Waals surface area contributed by atoms with Crippen LogP contribution in [-0.2, 0) is 0 Å². The minimum atomic E-state index is 0.560. The first-order chi connectivity index (χ1) is 6.68. The van der Waals surface area contributed by atoms with Crippen molar-refractivity contribution in [2.45, 2.75) is 6.92 Å². The Balaban J connectivity index is 2.60. The van der Waals surface area contributed by atoms with Crippen molar-refractivity contribution >= 4 is 17.3 Å². The third-order valence-electron chi connectivity index (χ3n) is 2.04. The molecule has 72 valence electrons. The van der Waals surface area contributed by atoms with Crippen LogP contribution in [0.1, 0.15) is 5.69 Å². The fourth-order valence-corrected chi connectivity index (χ4v) is 1.50. The molecule has 0 saturated carbocycles. The fraction of sp³-hybridized carbons (Fsp3) is 0.100.